The van der Waals surface area contributed by atoms with E-state index in [2.05, 4.69) is 5.92 Å². The molecule has 0 amide bonds. The van der Waals surface area contributed by atoms with Gasteiger partial charge in [0.1, 0.15) is 0 Å². The van der Waals surface area contributed by atoms with Crippen molar-refractivity contribution in [2.45, 2.75) is 13.8 Å². The summed E-state index contributed by atoms with van der Waals surface area (Å²) in [5.41, 5.74) is 5.83. The number of nitrogens with two attached hydrogens (primary N) is 1. The van der Waals surface area contributed by atoms with Gasteiger partial charge < -0.3 is 5.73 Å². The van der Waals surface area contributed by atoms with E-state index in [0.29, 0.717) is 11.6 Å². The van der Waals surface area contributed by atoms with E-state index in [1.807, 2.05) is 19.9 Å². The maximum Gasteiger partial charge on any atom is 0.0786 e. The Morgan fingerprint density at radius 1 is 1.75 bits per heavy atom. The molecule has 0 saturated heterocycles. The number of allylic oxidation sites excluding steroid dienone is 2. The highest BCUT2D eigenvalue weighted by atomic mass is 14.5. The van der Waals surface area contributed by atoms with Crippen LogP contribution in [0, 0.1) is 18.3 Å². The Kier molecular flexibility index (Phi) is 2.79. The molecule has 1 nitrogen and oxygen atoms in total. The van der Waals surface area contributed by atoms with Gasteiger partial charge in [-0.05, 0) is 5.92 Å². The van der Waals surface area contributed by atoms with Crippen LogP contribution in [0.4, 0.5) is 0 Å². The molecule has 0 heterocycles. The van der Waals surface area contributed by atoms with Crippen molar-refractivity contribution in [2.75, 3.05) is 0 Å². The molecule has 44 valence electrons. The van der Waals surface area contributed by atoms with Gasteiger partial charge in [-0.25, -0.2) is 0 Å². The lowest BCUT2D eigenvalue weighted by molar-refractivity contribution is 0.824. The van der Waals surface area contributed by atoms with Crippen LogP contribution in [0.1, 0.15) is 13.8 Å². The minimum Gasteiger partial charge on any atom is -0.392 e. The highest BCUT2D eigenvalue weighted by Gasteiger charge is 1.85. The molecular formula is C7H11N. The van der Waals surface area contributed by atoms with Gasteiger partial charge in [0, 0.05) is 0 Å². The molecule has 0 aromatic rings. The van der Waals surface area contributed by atoms with Crippen LogP contribution in [0.25, 0.3) is 0 Å². The van der Waals surface area contributed by atoms with Gasteiger partial charge in [-0.15, -0.1) is 6.42 Å². The molecule has 0 aromatic heterocycles. The molecule has 0 unspecified atom stereocenters. The summed E-state index contributed by atoms with van der Waals surface area (Å²) in [6.45, 7) is 4.06. The molecule has 0 bridgehead atoms. The topological polar surface area (TPSA) is 26.0 Å². The second-order valence-corrected chi connectivity index (χ2v) is 2.01. The van der Waals surface area contributed by atoms with Crippen LogP contribution < -0.4 is 5.73 Å². The minimum absolute atomic E-state index is 0.450. The number of hydrogen-bond acceptors (Lipinski definition) is 1. The molecule has 0 spiro atoms. The molecule has 0 atom stereocenters. The number of hydrogen-bond donors (Lipinski definition) is 1. The first-order valence-electron chi connectivity index (χ1n) is 2.60. The predicted molar refractivity (Wildman–Crippen MR) is 35.9 cm³/mol. The first-order chi connectivity index (χ1) is 3.66. The fraction of sp³-hybridized carbons (Fsp3) is 0.429. The van der Waals surface area contributed by atoms with Crippen LogP contribution in [0.15, 0.2) is 11.8 Å². The van der Waals surface area contributed by atoms with Crippen molar-refractivity contribution in [3.63, 3.8) is 0 Å². The lowest BCUT2D eigenvalue weighted by Crippen LogP contribution is -1.94. The number of terminal acetylenes is 1. The highest BCUT2D eigenvalue weighted by molar-refractivity contribution is 5.21. The van der Waals surface area contributed by atoms with Gasteiger partial charge in [0.05, 0.1) is 5.70 Å². The first-order valence-corrected chi connectivity index (χ1v) is 2.60. The van der Waals surface area contributed by atoms with E-state index in [-0.39, 0.29) is 0 Å². The fourth-order valence-corrected chi connectivity index (χ4v) is 0.407. The molecule has 0 aliphatic heterocycles. The summed E-state index contributed by atoms with van der Waals surface area (Å²) >= 11 is 0. The maximum absolute atomic E-state index is 5.30. The Morgan fingerprint density at radius 3 is 2.38 bits per heavy atom. The standard InChI is InChI=1S/C7H11N/c1-4-7(8)5-6(2)3/h1,5-6H,8H2,2-3H3/b7-5+. The van der Waals surface area contributed by atoms with Gasteiger partial charge >= 0.3 is 0 Å². The molecule has 0 aliphatic rings. The summed E-state index contributed by atoms with van der Waals surface area (Å²) in [6, 6.07) is 0. The molecule has 0 aromatic carbocycles. The van der Waals surface area contributed by atoms with Gasteiger partial charge in [0.15, 0.2) is 0 Å². The largest absolute Gasteiger partial charge is 0.392 e. The van der Waals surface area contributed by atoms with Crippen LogP contribution in [-0.4, -0.2) is 0 Å². The lowest BCUT2D eigenvalue weighted by atomic mass is 10.2. The third kappa shape index (κ3) is 3.30. The Balaban J connectivity index is 3.80. The third-order valence-corrected chi connectivity index (χ3v) is 0.680. The molecule has 0 saturated carbocycles. The van der Waals surface area contributed by atoms with Gasteiger partial charge in [0.2, 0.25) is 0 Å². The van der Waals surface area contributed by atoms with Crippen molar-refractivity contribution in [1.82, 2.24) is 0 Å². The van der Waals surface area contributed by atoms with Gasteiger partial charge in [-0.2, -0.15) is 0 Å². The van der Waals surface area contributed by atoms with Crippen molar-refractivity contribution < 1.29 is 0 Å². The zero-order valence-corrected chi connectivity index (χ0v) is 5.31. The number of rotatable bonds is 1. The maximum atomic E-state index is 5.30. The van der Waals surface area contributed by atoms with Crippen molar-refractivity contribution in [1.29, 1.82) is 0 Å². The molecule has 0 radical (unpaired) electrons. The van der Waals surface area contributed by atoms with Crippen LogP contribution >= 0.6 is 0 Å². The Hall–Kier alpha value is -0.900. The molecule has 1 heteroatoms. The van der Waals surface area contributed by atoms with E-state index in [1.54, 1.807) is 0 Å². The highest BCUT2D eigenvalue weighted by Crippen LogP contribution is 1.94. The summed E-state index contributed by atoms with van der Waals surface area (Å²) < 4.78 is 0. The Morgan fingerprint density at radius 2 is 2.25 bits per heavy atom. The zero-order chi connectivity index (χ0) is 6.57. The molecule has 8 heavy (non-hydrogen) atoms. The zero-order valence-electron chi connectivity index (χ0n) is 5.31. The summed E-state index contributed by atoms with van der Waals surface area (Å²) in [6.07, 6.45) is 6.82. The molecular weight excluding hydrogens is 98.1 g/mol. The van der Waals surface area contributed by atoms with Gasteiger partial charge in [-0.1, -0.05) is 25.8 Å². The van der Waals surface area contributed by atoms with Crippen molar-refractivity contribution >= 4 is 0 Å². The smallest absolute Gasteiger partial charge is 0.0786 e. The van der Waals surface area contributed by atoms with Crippen molar-refractivity contribution in [2.24, 2.45) is 11.7 Å². The monoisotopic (exact) mass is 109 g/mol. The normalized spacial score (nSPS) is 11.5. The predicted octanol–water partition coefficient (Wildman–Crippen LogP) is 1.12. The summed E-state index contributed by atoms with van der Waals surface area (Å²) in [5, 5.41) is 0. The second-order valence-electron chi connectivity index (χ2n) is 2.01. The molecule has 0 rings (SSSR count). The average Bonchev–Trinajstić information content (AvgIpc) is 1.65. The van der Waals surface area contributed by atoms with E-state index in [4.69, 9.17) is 12.2 Å². The minimum atomic E-state index is 0.450. The van der Waals surface area contributed by atoms with E-state index in [9.17, 15) is 0 Å². The van der Waals surface area contributed by atoms with Crippen LogP contribution in [-0.2, 0) is 0 Å². The van der Waals surface area contributed by atoms with Crippen molar-refractivity contribution in [3.05, 3.63) is 11.8 Å². The van der Waals surface area contributed by atoms with Gasteiger partial charge in [0.25, 0.3) is 0 Å². The summed E-state index contributed by atoms with van der Waals surface area (Å²) in [5.74, 6) is 2.79. The Bertz CT molecular complexity index is 126. The SMILES string of the molecule is C#C/C(N)=C\C(C)C. The van der Waals surface area contributed by atoms with Crippen LogP contribution in [0.5, 0.6) is 0 Å². The fourth-order valence-electron chi connectivity index (χ4n) is 0.407. The van der Waals surface area contributed by atoms with Crippen LogP contribution in [0.2, 0.25) is 0 Å². The average molecular weight is 109 g/mol. The summed E-state index contributed by atoms with van der Waals surface area (Å²) in [7, 11) is 0. The van der Waals surface area contributed by atoms with E-state index >= 15 is 0 Å². The third-order valence-electron chi connectivity index (χ3n) is 0.680. The quantitative estimate of drug-likeness (QED) is 0.502. The first kappa shape index (κ1) is 7.10. The van der Waals surface area contributed by atoms with E-state index in [0.717, 1.165) is 0 Å². The molecule has 0 aliphatic carbocycles. The van der Waals surface area contributed by atoms with E-state index < -0.39 is 0 Å². The Labute approximate surface area is 50.6 Å². The lowest BCUT2D eigenvalue weighted by Gasteiger charge is -1.92. The summed E-state index contributed by atoms with van der Waals surface area (Å²) in [4.78, 5) is 0. The van der Waals surface area contributed by atoms with E-state index in [1.165, 1.54) is 0 Å². The van der Waals surface area contributed by atoms with Crippen molar-refractivity contribution in [3.8, 4) is 12.3 Å². The molecule has 0 fully saturated rings. The van der Waals surface area contributed by atoms with Gasteiger partial charge in [-0.3, -0.25) is 0 Å². The molecule has 2 N–H and O–H groups in total. The second kappa shape index (κ2) is 3.15. The van der Waals surface area contributed by atoms with Crippen LogP contribution in [0.3, 0.4) is 0 Å².